The van der Waals surface area contributed by atoms with E-state index in [9.17, 15) is 0 Å². The highest BCUT2D eigenvalue weighted by atomic mass is 16.7. The quantitative estimate of drug-likeness (QED) is 0.889. The molecule has 0 spiro atoms. The monoisotopic (exact) mass is 356 g/mol. The summed E-state index contributed by atoms with van der Waals surface area (Å²) >= 11 is 0. The Morgan fingerprint density at radius 1 is 1.08 bits per heavy atom. The van der Waals surface area contributed by atoms with E-state index in [0.717, 1.165) is 54.7 Å². The van der Waals surface area contributed by atoms with Crippen molar-refractivity contribution in [1.82, 2.24) is 10.2 Å². The third-order valence-electron chi connectivity index (χ3n) is 5.00. The molecule has 0 aromatic heterocycles. The van der Waals surface area contributed by atoms with E-state index < -0.39 is 0 Å². The van der Waals surface area contributed by atoms with E-state index >= 15 is 0 Å². The number of hydrogen-bond acceptors (Lipinski definition) is 6. The van der Waals surface area contributed by atoms with Gasteiger partial charge in [0.2, 0.25) is 6.79 Å². The highest BCUT2D eigenvalue weighted by molar-refractivity contribution is 5.52. The van der Waals surface area contributed by atoms with Gasteiger partial charge in [0.05, 0.1) is 20.3 Å². The van der Waals surface area contributed by atoms with Gasteiger partial charge >= 0.3 is 0 Å². The number of ether oxygens (including phenoxy) is 4. The van der Waals surface area contributed by atoms with E-state index in [-0.39, 0.29) is 12.8 Å². The van der Waals surface area contributed by atoms with Gasteiger partial charge in [-0.3, -0.25) is 4.90 Å². The largest absolute Gasteiger partial charge is 0.496 e. The minimum absolute atomic E-state index is 0.232. The number of methoxy groups -OCH3 is 2. The average Bonchev–Trinajstić information content (AvgIpc) is 3.15. The van der Waals surface area contributed by atoms with Gasteiger partial charge in [0.1, 0.15) is 11.5 Å². The summed E-state index contributed by atoms with van der Waals surface area (Å²) in [5.74, 6) is 3.27. The molecule has 0 bridgehead atoms. The molecule has 0 amide bonds. The van der Waals surface area contributed by atoms with E-state index in [1.54, 1.807) is 14.2 Å². The van der Waals surface area contributed by atoms with Gasteiger partial charge < -0.3 is 24.3 Å². The maximum atomic E-state index is 5.60. The van der Waals surface area contributed by atoms with Gasteiger partial charge in [-0.1, -0.05) is 18.2 Å². The molecule has 2 aliphatic heterocycles. The fourth-order valence-corrected chi connectivity index (χ4v) is 3.68. The first-order chi connectivity index (χ1) is 12.8. The minimum atomic E-state index is 0.232. The molecule has 2 aliphatic rings. The lowest BCUT2D eigenvalue weighted by atomic mass is 10.0. The Bertz CT molecular complexity index is 780. The van der Waals surface area contributed by atoms with Crippen LogP contribution in [-0.2, 0) is 6.54 Å². The zero-order chi connectivity index (χ0) is 17.9. The van der Waals surface area contributed by atoms with Crippen molar-refractivity contribution in [2.75, 3.05) is 40.6 Å². The third-order valence-corrected chi connectivity index (χ3v) is 5.00. The maximum absolute atomic E-state index is 5.60. The van der Waals surface area contributed by atoms with Crippen molar-refractivity contribution in [1.29, 1.82) is 0 Å². The van der Waals surface area contributed by atoms with Crippen molar-refractivity contribution in [2.45, 2.75) is 12.6 Å². The number of nitrogens with zero attached hydrogens (tertiary/aromatic N) is 1. The first kappa shape index (κ1) is 17.0. The van der Waals surface area contributed by atoms with Crippen LogP contribution in [0.5, 0.6) is 23.0 Å². The minimum Gasteiger partial charge on any atom is -0.496 e. The van der Waals surface area contributed by atoms with Crippen LogP contribution in [0.1, 0.15) is 17.2 Å². The van der Waals surface area contributed by atoms with Crippen LogP contribution in [0.2, 0.25) is 0 Å². The van der Waals surface area contributed by atoms with Crippen molar-refractivity contribution in [3.8, 4) is 23.0 Å². The Kier molecular flexibility index (Phi) is 4.86. The summed E-state index contributed by atoms with van der Waals surface area (Å²) < 4.78 is 22.2. The molecule has 2 heterocycles. The van der Waals surface area contributed by atoms with Crippen molar-refractivity contribution in [3.63, 3.8) is 0 Å². The molecule has 2 aromatic rings. The predicted molar refractivity (Wildman–Crippen MR) is 98.1 cm³/mol. The van der Waals surface area contributed by atoms with Crippen LogP contribution < -0.4 is 24.3 Å². The lowest BCUT2D eigenvalue weighted by molar-refractivity contribution is 0.149. The summed E-state index contributed by atoms with van der Waals surface area (Å²) in [5.41, 5.74) is 2.29. The van der Waals surface area contributed by atoms with Gasteiger partial charge in [-0.05, 0) is 12.1 Å². The molecule has 0 saturated carbocycles. The number of fused-ring (bicyclic) bond motifs is 1. The van der Waals surface area contributed by atoms with E-state index in [1.807, 2.05) is 24.3 Å². The summed E-state index contributed by atoms with van der Waals surface area (Å²) in [6.07, 6.45) is 0. The molecule has 26 heavy (non-hydrogen) atoms. The van der Waals surface area contributed by atoms with E-state index in [4.69, 9.17) is 18.9 Å². The number of benzene rings is 2. The van der Waals surface area contributed by atoms with Crippen LogP contribution in [-0.4, -0.2) is 45.5 Å². The van der Waals surface area contributed by atoms with E-state index in [2.05, 4.69) is 22.3 Å². The third kappa shape index (κ3) is 3.18. The molecule has 6 heteroatoms. The summed E-state index contributed by atoms with van der Waals surface area (Å²) in [6, 6.07) is 12.4. The molecule has 2 aromatic carbocycles. The van der Waals surface area contributed by atoms with Crippen LogP contribution >= 0.6 is 0 Å². The molecule has 0 radical (unpaired) electrons. The lowest BCUT2D eigenvalue weighted by Gasteiger charge is -2.37. The molecule has 1 fully saturated rings. The molecule has 138 valence electrons. The van der Waals surface area contributed by atoms with Gasteiger partial charge in [0.15, 0.2) is 11.5 Å². The smallest absolute Gasteiger partial charge is 0.231 e. The van der Waals surface area contributed by atoms with Gasteiger partial charge in [-0.15, -0.1) is 0 Å². The predicted octanol–water partition coefficient (Wildman–Crippen LogP) is 2.58. The van der Waals surface area contributed by atoms with Crippen LogP contribution in [0.4, 0.5) is 0 Å². The van der Waals surface area contributed by atoms with E-state index in [0.29, 0.717) is 0 Å². The number of hydrogen-bond donors (Lipinski definition) is 1. The van der Waals surface area contributed by atoms with Crippen LogP contribution in [0, 0.1) is 0 Å². The second-order valence-electron chi connectivity index (χ2n) is 6.45. The second-order valence-corrected chi connectivity index (χ2v) is 6.45. The standard InChI is InChI=1S/C20H24N2O4/c1-23-17-6-4-3-5-15(17)16-11-21-7-8-22(16)12-14-9-19-20(26-13-25-19)10-18(14)24-2/h3-6,9-10,16,21H,7-8,11-13H2,1-2H3. The Balaban J connectivity index is 1.64. The first-order valence-electron chi connectivity index (χ1n) is 8.84. The van der Waals surface area contributed by atoms with Crippen molar-refractivity contribution in [3.05, 3.63) is 47.5 Å². The number of nitrogens with one attached hydrogen (secondary N) is 1. The summed E-state index contributed by atoms with van der Waals surface area (Å²) in [6.45, 7) is 3.82. The van der Waals surface area contributed by atoms with E-state index in [1.165, 1.54) is 5.56 Å². The number of rotatable bonds is 5. The highest BCUT2D eigenvalue weighted by Gasteiger charge is 2.28. The summed E-state index contributed by atoms with van der Waals surface area (Å²) in [4.78, 5) is 2.45. The van der Waals surface area contributed by atoms with Crippen molar-refractivity contribution in [2.24, 2.45) is 0 Å². The Labute approximate surface area is 153 Å². The highest BCUT2D eigenvalue weighted by Crippen LogP contribution is 2.40. The van der Waals surface area contributed by atoms with Gasteiger partial charge in [0, 0.05) is 43.4 Å². The van der Waals surface area contributed by atoms with Gasteiger partial charge in [-0.25, -0.2) is 0 Å². The molecule has 1 saturated heterocycles. The van der Waals surface area contributed by atoms with Crippen LogP contribution in [0.15, 0.2) is 36.4 Å². The summed E-state index contributed by atoms with van der Waals surface area (Å²) in [5, 5.41) is 3.50. The number of para-hydroxylation sites is 1. The zero-order valence-electron chi connectivity index (χ0n) is 15.2. The zero-order valence-corrected chi connectivity index (χ0v) is 15.2. The topological polar surface area (TPSA) is 52.2 Å². The Morgan fingerprint density at radius 3 is 2.65 bits per heavy atom. The Hall–Kier alpha value is -2.44. The molecule has 1 unspecified atom stereocenters. The van der Waals surface area contributed by atoms with Gasteiger partial charge in [0.25, 0.3) is 0 Å². The molecular weight excluding hydrogens is 332 g/mol. The SMILES string of the molecule is COc1cc2c(cc1CN1CCNCC1c1ccccc1OC)OCO2. The van der Waals surface area contributed by atoms with Crippen LogP contribution in [0.3, 0.4) is 0 Å². The molecule has 1 N–H and O–H groups in total. The fourth-order valence-electron chi connectivity index (χ4n) is 3.68. The van der Waals surface area contributed by atoms with Crippen molar-refractivity contribution < 1.29 is 18.9 Å². The maximum Gasteiger partial charge on any atom is 0.231 e. The fraction of sp³-hybridized carbons (Fsp3) is 0.400. The average molecular weight is 356 g/mol. The molecule has 1 atom stereocenters. The Morgan fingerprint density at radius 2 is 1.85 bits per heavy atom. The lowest BCUT2D eigenvalue weighted by Crippen LogP contribution is -2.45. The molecule has 6 nitrogen and oxygen atoms in total. The molecule has 0 aliphatic carbocycles. The number of piperazine rings is 1. The van der Waals surface area contributed by atoms with Crippen LogP contribution in [0.25, 0.3) is 0 Å². The molecular formula is C20H24N2O4. The van der Waals surface area contributed by atoms with Crippen molar-refractivity contribution >= 4 is 0 Å². The second kappa shape index (κ2) is 7.43. The summed E-state index contributed by atoms with van der Waals surface area (Å²) in [7, 11) is 3.41. The molecule has 4 rings (SSSR count). The normalized spacial score (nSPS) is 19.4. The first-order valence-corrected chi connectivity index (χ1v) is 8.84. The van der Waals surface area contributed by atoms with Gasteiger partial charge in [-0.2, -0.15) is 0 Å².